The van der Waals surface area contributed by atoms with Crippen molar-refractivity contribution in [3.05, 3.63) is 65.7 Å². The predicted molar refractivity (Wildman–Crippen MR) is 347 cm³/mol. The van der Waals surface area contributed by atoms with Crippen LogP contribution in [0, 0.1) is 5.92 Å². The average molecular weight is 1320 g/mol. The number of nitrogens with two attached hydrogens (primary N) is 7. The zero-order chi connectivity index (χ0) is 69.3. The SMILES string of the molecule is CC[C@H](C)[C@@H]1NC(=O)[C@H](CCCN=C(N)N)NC(=O)[C@H](CCCN=C(N)N)NC(=O)[C@@H](NC(=O)[C@H](Cc2ccccc2)NC(=O)CNC(=O)CNC(=O)[C@@H](N)Cc2ccc(O)cc2)CCCCNC(=O)C[C@@H](C(=O)N2CCC[C@H]2C(=O)N[C@@H](CCCCN)C(N)=O)NC1=O. The lowest BCUT2D eigenvalue weighted by Crippen LogP contribution is -2.61. The minimum absolute atomic E-state index is 0.00363. The lowest BCUT2D eigenvalue weighted by molar-refractivity contribution is -0.143. The van der Waals surface area contributed by atoms with E-state index in [9.17, 15) is 62.6 Å². The number of hydrogen-bond donors (Lipinski definition) is 18. The van der Waals surface area contributed by atoms with E-state index in [1.54, 1.807) is 56.3 Å². The lowest BCUT2D eigenvalue weighted by Gasteiger charge is -2.32. The van der Waals surface area contributed by atoms with Gasteiger partial charge < -0.3 is 103 Å². The molecule has 0 spiro atoms. The smallest absolute Gasteiger partial charge is 0.246 e. The Morgan fingerprint density at radius 2 is 1.29 bits per heavy atom. The Balaban J connectivity index is 1.68. The van der Waals surface area contributed by atoms with Crippen LogP contribution in [0.4, 0.5) is 0 Å². The molecular weight excluding hydrogens is 1220 g/mol. The summed E-state index contributed by atoms with van der Waals surface area (Å²) in [7, 11) is 0. The largest absolute Gasteiger partial charge is 0.508 e. The van der Waals surface area contributed by atoms with E-state index in [0.29, 0.717) is 43.4 Å². The summed E-state index contributed by atoms with van der Waals surface area (Å²) in [6, 6.07) is 2.57. The first kappa shape index (κ1) is 76.8. The summed E-state index contributed by atoms with van der Waals surface area (Å²) in [4.78, 5) is 177. The van der Waals surface area contributed by atoms with Gasteiger partial charge >= 0.3 is 0 Å². The molecular formula is C61H96N20O13. The second kappa shape index (κ2) is 40.3. The third-order valence-corrected chi connectivity index (χ3v) is 15.8. The molecule has 0 radical (unpaired) electrons. The molecule has 33 heteroatoms. The van der Waals surface area contributed by atoms with Crippen LogP contribution in [0.25, 0.3) is 0 Å². The van der Waals surface area contributed by atoms with Crippen molar-refractivity contribution in [2.75, 3.05) is 45.8 Å². The third-order valence-electron chi connectivity index (χ3n) is 15.8. The van der Waals surface area contributed by atoms with Crippen LogP contribution in [0.3, 0.4) is 0 Å². The van der Waals surface area contributed by atoms with Crippen molar-refractivity contribution < 1.29 is 62.6 Å². The summed E-state index contributed by atoms with van der Waals surface area (Å²) in [6.45, 7) is 2.50. The molecule has 4 rings (SSSR count). The number of unbranched alkanes of at least 4 members (excludes halogenated alkanes) is 1. The van der Waals surface area contributed by atoms with Crippen molar-refractivity contribution in [3.63, 3.8) is 0 Å². The van der Waals surface area contributed by atoms with Gasteiger partial charge in [0.2, 0.25) is 70.9 Å². The van der Waals surface area contributed by atoms with E-state index in [0.717, 1.165) is 0 Å². The fourth-order valence-corrected chi connectivity index (χ4v) is 10.4. The van der Waals surface area contributed by atoms with E-state index >= 15 is 0 Å². The standard InChI is InChI=1S/C61H96N20O13/c1-3-35(2)50-58(93)79-45(59(94)81-29-13-20-46(81)57(92)75-40(51(64)86)16-7-9-25-62)32-47(83)69-26-10-8-17-41(53(88)76-42(18-11-27-70-60(65)66)54(89)77-43(55(90)80-50)19-12-28-71-61(67)68)78-56(91)44(31-36-14-5-4-6-15-36)74-49(85)34-72-48(84)33-73-52(87)39(63)30-37-21-23-38(82)24-22-37/h4-6,14-15,21-24,35,39-46,50,82H,3,7-13,16-20,25-34,62-63H2,1-2H3,(H2,64,86)(H,69,83)(H,72,84)(H,73,87)(H,74,85)(H,75,92)(H,76,88)(H,77,89)(H,78,91)(H,79,93)(H,80,90)(H4,65,66,70)(H4,67,68,71)/t35-,39-,40-,41-,42-,43-,44-,45-,46-,50-/m0/s1. The monoisotopic (exact) mass is 1320 g/mol. The molecule has 0 aliphatic carbocycles. The van der Waals surface area contributed by atoms with Crippen molar-refractivity contribution in [1.29, 1.82) is 0 Å². The van der Waals surface area contributed by atoms with Gasteiger partial charge in [0.25, 0.3) is 0 Å². The van der Waals surface area contributed by atoms with E-state index in [2.05, 4.69) is 63.2 Å². The summed E-state index contributed by atoms with van der Waals surface area (Å²) >= 11 is 0. The number of amides is 12. The Bertz CT molecular complexity index is 2950. The zero-order valence-electron chi connectivity index (χ0n) is 53.5. The van der Waals surface area contributed by atoms with Crippen molar-refractivity contribution in [3.8, 4) is 5.75 Å². The molecule has 33 nitrogen and oxygen atoms in total. The Hall–Kier alpha value is -9.66. The second-order valence-corrected chi connectivity index (χ2v) is 23.3. The van der Waals surface area contributed by atoms with Crippen LogP contribution in [0.15, 0.2) is 64.6 Å². The van der Waals surface area contributed by atoms with Gasteiger partial charge in [-0.3, -0.25) is 67.5 Å². The molecule has 2 fully saturated rings. The Labute approximate surface area is 546 Å². The molecule has 2 aliphatic heterocycles. The van der Waals surface area contributed by atoms with Crippen LogP contribution in [-0.2, 0) is 70.4 Å². The molecule has 12 amide bonds. The van der Waals surface area contributed by atoms with E-state index in [4.69, 9.17) is 40.1 Å². The molecule has 518 valence electrons. The number of phenols is 1. The van der Waals surface area contributed by atoms with E-state index in [1.807, 2.05) is 0 Å². The minimum Gasteiger partial charge on any atom is -0.508 e. The van der Waals surface area contributed by atoms with E-state index in [1.165, 1.54) is 17.0 Å². The van der Waals surface area contributed by atoms with Crippen LogP contribution < -0.4 is 93.3 Å². The molecule has 0 saturated carbocycles. The van der Waals surface area contributed by atoms with Crippen molar-refractivity contribution in [2.24, 2.45) is 56.0 Å². The number of benzene rings is 2. The molecule has 2 aromatic carbocycles. The normalized spacial score (nSPS) is 20.5. The van der Waals surface area contributed by atoms with Crippen LogP contribution in [0.2, 0.25) is 0 Å². The van der Waals surface area contributed by atoms with Gasteiger partial charge in [-0.15, -0.1) is 0 Å². The van der Waals surface area contributed by atoms with Gasteiger partial charge in [-0.2, -0.15) is 0 Å². The number of aliphatic imine (C=N–C) groups is 2. The quantitative estimate of drug-likeness (QED) is 0.0197. The summed E-state index contributed by atoms with van der Waals surface area (Å²) in [5.74, 6) is -10.8. The maximum absolute atomic E-state index is 14.8. The molecule has 2 saturated heterocycles. The molecule has 0 aromatic heterocycles. The van der Waals surface area contributed by atoms with Crippen molar-refractivity contribution in [1.82, 2.24) is 58.1 Å². The lowest BCUT2D eigenvalue weighted by atomic mass is 9.96. The summed E-state index contributed by atoms with van der Waals surface area (Å²) in [6.07, 6.45) is 1.41. The first-order chi connectivity index (χ1) is 44.8. The van der Waals surface area contributed by atoms with Gasteiger partial charge in [-0.05, 0) is 119 Å². The third kappa shape index (κ3) is 27.3. The highest BCUT2D eigenvalue weighted by atomic mass is 16.3. The number of likely N-dealkylation sites (tertiary alicyclic amines) is 1. The Morgan fingerprint density at radius 3 is 1.90 bits per heavy atom. The van der Waals surface area contributed by atoms with Gasteiger partial charge in [0.1, 0.15) is 54.1 Å². The van der Waals surface area contributed by atoms with Gasteiger partial charge in [-0.25, -0.2) is 0 Å². The van der Waals surface area contributed by atoms with Crippen LogP contribution in [0.1, 0.15) is 115 Å². The number of phenolic OH excluding ortho intramolecular Hbond substituents is 1. The van der Waals surface area contributed by atoms with Gasteiger partial charge in [0, 0.05) is 32.6 Å². The number of carbonyl (C=O) groups is 12. The first-order valence-corrected chi connectivity index (χ1v) is 31.7. The Morgan fingerprint density at radius 1 is 0.670 bits per heavy atom. The number of carbonyl (C=O) groups excluding carboxylic acids is 12. The molecule has 2 heterocycles. The number of rotatable bonds is 30. The van der Waals surface area contributed by atoms with Crippen LogP contribution in [0.5, 0.6) is 5.75 Å². The number of nitrogens with zero attached hydrogens (tertiary/aromatic N) is 3. The van der Waals surface area contributed by atoms with Crippen LogP contribution >= 0.6 is 0 Å². The Kier molecular flexibility index (Phi) is 33.0. The van der Waals surface area contributed by atoms with E-state index in [-0.39, 0.29) is 114 Å². The topological polar surface area (TPSA) is 555 Å². The van der Waals surface area contributed by atoms with Gasteiger partial charge in [0.15, 0.2) is 11.9 Å². The summed E-state index contributed by atoms with van der Waals surface area (Å²) < 4.78 is 0. The van der Waals surface area contributed by atoms with Crippen molar-refractivity contribution in [2.45, 2.75) is 171 Å². The molecule has 0 bridgehead atoms. The van der Waals surface area contributed by atoms with E-state index < -0.39 is 151 Å². The van der Waals surface area contributed by atoms with Gasteiger partial charge in [-0.1, -0.05) is 62.7 Å². The maximum atomic E-state index is 14.8. The highest BCUT2D eigenvalue weighted by molar-refractivity contribution is 6.00. The number of hydrogen-bond acceptors (Lipinski definition) is 17. The maximum Gasteiger partial charge on any atom is 0.246 e. The molecule has 0 unspecified atom stereocenters. The molecule has 2 aromatic rings. The first-order valence-electron chi connectivity index (χ1n) is 31.7. The molecule has 2 aliphatic rings. The average Bonchev–Trinajstić information content (AvgIpc) is 1.58. The number of guanidine groups is 2. The summed E-state index contributed by atoms with van der Waals surface area (Å²) in [5, 5.41) is 35.9. The molecule has 25 N–H and O–H groups in total. The van der Waals surface area contributed by atoms with Crippen molar-refractivity contribution >= 4 is 82.8 Å². The zero-order valence-corrected chi connectivity index (χ0v) is 53.5. The van der Waals surface area contributed by atoms with Crippen LogP contribution in [-0.4, -0.2) is 193 Å². The fraction of sp³-hybridized carbons (Fsp3) is 0.574. The van der Waals surface area contributed by atoms with Gasteiger partial charge in [0.05, 0.1) is 25.6 Å². The number of primary amides is 1. The number of aromatic hydroxyl groups is 1. The minimum atomic E-state index is -1.62. The predicted octanol–water partition coefficient (Wildman–Crippen LogP) is -5.42. The molecule has 94 heavy (non-hydrogen) atoms. The highest BCUT2D eigenvalue weighted by Crippen LogP contribution is 2.21. The second-order valence-electron chi connectivity index (χ2n) is 23.3. The molecule has 10 atom stereocenters. The fourth-order valence-electron chi connectivity index (χ4n) is 10.4. The highest BCUT2D eigenvalue weighted by Gasteiger charge is 2.41. The summed E-state index contributed by atoms with van der Waals surface area (Å²) in [5.41, 5.74) is 40.9. The number of nitrogens with one attached hydrogen (secondary N) is 10.